The third-order valence-electron chi connectivity index (χ3n) is 4.38. The number of hydrogen-bond acceptors (Lipinski definition) is 6. The molecule has 3 aromatic carbocycles. The highest BCUT2D eigenvalue weighted by Crippen LogP contribution is 2.34. The Morgan fingerprint density at radius 2 is 1.48 bits per heavy atom. The lowest BCUT2D eigenvalue weighted by atomic mass is 10.1. The number of aromatic carboxylic acids is 2. The summed E-state index contributed by atoms with van der Waals surface area (Å²) in [4.78, 5) is 22.2. The first kappa shape index (κ1) is 21.8. The molecule has 0 spiro atoms. The first-order valence-electron chi connectivity index (χ1n) is 8.97. The average molecular weight is 441 g/mol. The van der Waals surface area contributed by atoms with Gasteiger partial charge in [-0.2, -0.15) is 0 Å². The Hall–Kier alpha value is -3.89. The summed E-state index contributed by atoms with van der Waals surface area (Å²) in [5.74, 6) is -2.42. The number of primary sulfonamides is 1. The van der Waals surface area contributed by atoms with E-state index in [4.69, 9.17) is 10.2 Å². The van der Waals surface area contributed by atoms with Gasteiger partial charge in [-0.15, -0.1) is 0 Å². The highest BCUT2D eigenvalue weighted by Gasteiger charge is 2.22. The van der Waals surface area contributed by atoms with Crippen LogP contribution in [0.4, 0.5) is 17.1 Å². The smallest absolute Gasteiger partial charge is 0.335 e. The highest BCUT2D eigenvalue weighted by atomic mass is 32.2. The molecule has 0 aliphatic heterocycles. The first-order valence-corrected chi connectivity index (χ1v) is 10.5. The number of hydrogen-bond donors (Lipinski definition) is 5. The predicted molar refractivity (Wildman–Crippen MR) is 115 cm³/mol. The molecule has 0 unspecified atom stereocenters. The first-order chi connectivity index (χ1) is 14.6. The van der Waals surface area contributed by atoms with Crippen LogP contribution in [0.15, 0.2) is 71.6 Å². The molecule has 10 heteroatoms. The molecular formula is C21H19N3O6S. The second-order valence-corrected chi connectivity index (χ2v) is 8.12. The number of nitrogens with two attached hydrogens (primary N) is 1. The molecule has 160 valence electrons. The van der Waals surface area contributed by atoms with Crippen LogP contribution in [0.2, 0.25) is 0 Å². The maximum atomic E-state index is 12.2. The fourth-order valence-corrected chi connectivity index (χ4v) is 3.60. The van der Waals surface area contributed by atoms with Crippen LogP contribution >= 0.6 is 0 Å². The summed E-state index contributed by atoms with van der Waals surface area (Å²) in [5, 5.41) is 29.8. The topological polar surface area (TPSA) is 159 Å². The number of benzene rings is 3. The Balaban J connectivity index is 2.08. The van der Waals surface area contributed by atoms with E-state index in [2.05, 4.69) is 10.6 Å². The maximum absolute atomic E-state index is 12.2. The zero-order valence-corrected chi connectivity index (χ0v) is 16.9. The largest absolute Gasteiger partial charge is 0.478 e. The minimum atomic E-state index is -4.30. The summed E-state index contributed by atoms with van der Waals surface area (Å²) in [6.07, 6.45) is 0. The summed E-state index contributed by atoms with van der Waals surface area (Å²) in [6.45, 7) is 0.292. The molecule has 31 heavy (non-hydrogen) atoms. The van der Waals surface area contributed by atoms with Crippen molar-refractivity contribution in [2.24, 2.45) is 5.14 Å². The maximum Gasteiger partial charge on any atom is 0.335 e. The number of rotatable bonds is 8. The zero-order chi connectivity index (χ0) is 22.6. The van der Waals surface area contributed by atoms with Gasteiger partial charge < -0.3 is 20.8 Å². The van der Waals surface area contributed by atoms with Gasteiger partial charge >= 0.3 is 11.9 Å². The Morgan fingerprint density at radius 3 is 2.03 bits per heavy atom. The van der Waals surface area contributed by atoms with E-state index in [0.717, 1.165) is 11.6 Å². The third-order valence-corrected chi connectivity index (χ3v) is 5.32. The van der Waals surface area contributed by atoms with Crippen LogP contribution in [0.25, 0.3) is 0 Å². The Labute approximate surface area is 178 Å². The lowest BCUT2D eigenvalue weighted by Gasteiger charge is -2.18. The summed E-state index contributed by atoms with van der Waals surface area (Å²) < 4.78 is 24.5. The molecule has 0 aromatic heterocycles. The summed E-state index contributed by atoms with van der Waals surface area (Å²) >= 11 is 0. The normalized spacial score (nSPS) is 11.0. The molecule has 0 heterocycles. The molecule has 9 nitrogen and oxygen atoms in total. The van der Waals surface area contributed by atoms with Gasteiger partial charge in [-0.05, 0) is 42.0 Å². The molecule has 0 saturated heterocycles. The SMILES string of the molecule is NS(=O)(=O)c1cc(C(=O)O)cc(NCc2ccccc2)c1Nc1ccc(C(=O)O)cc1. The number of nitrogens with one attached hydrogen (secondary N) is 2. The van der Waals surface area contributed by atoms with Crippen molar-refractivity contribution in [1.29, 1.82) is 0 Å². The number of anilines is 3. The molecule has 3 aromatic rings. The molecular weight excluding hydrogens is 422 g/mol. The quantitative estimate of drug-likeness (QED) is 0.357. The second-order valence-electron chi connectivity index (χ2n) is 6.59. The van der Waals surface area contributed by atoms with Crippen LogP contribution < -0.4 is 15.8 Å². The molecule has 0 aliphatic carbocycles. The zero-order valence-electron chi connectivity index (χ0n) is 16.1. The predicted octanol–water partition coefficient (Wildman–Crippen LogP) is 3.09. The molecule has 0 fully saturated rings. The van der Waals surface area contributed by atoms with Gasteiger partial charge in [0, 0.05) is 12.2 Å². The molecule has 0 aliphatic rings. The van der Waals surface area contributed by atoms with Crippen molar-refractivity contribution in [3.63, 3.8) is 0 Å². The number of carbonyl (C=O) groups is 2. The van der Waals surface area contributed by atoms with E-state index in [1.807, 2.05) is 30.3 Å². The fraction of sp³-hybridized carbons (Fsp3) is 0.0476. The number of carboxylic acids is 2. The van der Waals surface area contributed by atoms with Crippen molar-refractivity contribution < 1.29 is 28.2 Å². The van der Waals surface area contributed by atoms with Crippen molar-refractivity contribution in [2.75, 3.05) is 10.6 Å². The minimum Gasteiger partial charge on any atom is -0.478 e. The van der Waals surface area contributed by atoms with E-state index in [9.17, 15) is 23.1 Å². The van der Waals surface area contributed by atoms with Gasteiger partial charge in [0.15, 0.2) is 0 Å². The van der Waals surface area contributed by atoms with E-state index >= 15 is 0 Å². The van der Waals surface area contributed by atoms with Crippen molar-refractivity contribution >= 4 is 39.0 Å². The Kier molecular flexibility index (Phi) is 6.23. The fourth-order valence-electron chi connectivity index (χ4n) is 2.87. The van der Waals surface area contributed by atoms with E-state index in [-0.39, 0.29) is 22.5 Å². The summed E-state index contributed by atoms with van der Waals surface area (Å²) in [7, 11) is -4.30. The van der Waals surface area contributed by atoms with Crippen LogP contribution in [0, 0.1) is 0 Å². The van der Waals surface area contributed by atoms with Crippen molar-refractivity contribution in [1.82, 2.24) is 0 Å². The van der Waals surface area contributed by atoms with Crippen molar-refractivity contribution in [3.8, 4) is 0 Å². The lowest BCUT2D eigenvalue weighted by Crippen LogP contribution is -2.17. The minimum absolute atomic E-state index is 0.0477. The van der Waals surface area contributed by atoms with E-state index in [1.165, 1.54) is 30.3 Å². The molecule has 0 radical (unpaired) electrons. The van der Waals surface area contributed by atoms with E-state index in [0.29, 0.717) is 12.2 Å². The molecule has 3 rings (SSSR count). The van der Waals surface area contributed by atoms with Gasteiger partial charge in [0.25, 0.3) is 0 Å². The van der Waals surface area contributed by atoms with E-state index in [1.54, 1.807) is 0 Å². The van der Waals surface area contributed by atoms with Crippen LogP contribution in [0.5, 0.6) is 0 Å². The van der Waals surface area contributed by atoms with Gasteiger partial charge in [0.2, 0.25) is 10.0 Å². The molecule has 0 amide bonds. The molecule has 0 atom stereocenters. The van der Waals surface area contributed by atoms with Crippen LogP contribution in [0.3, 0.4) is 0 Å². The standard InChI is InChI=1S/C21H19N3O6S/c22-31(29,30)18-11-15(21(27)28)10-17(23-12-13-4-2-1-3-5-13)19(18)24-16-8-6-14(7-9-16)20(25)26/h1-11,23-24H,12H2,(H,25,26)(H,27,28)(H2,22,29,30). The lowest BCUT2D eigenvalue weighted by molar-refractivity contribution is 0.0686. The van der Waals surface area contributed by atoms with Gasteiger partial charge in [0.1, 0.15) is 4.90 Å². The van der Waals surface area contributed by atoms with Crippen molar-refractivity contribution in [3.05, 3.63) is 83.4 Å². The van der Waals surface area contributed by atoms with Gasteiger partial charge in [-0.3, -0.25) is 0 Å². The third kappa shape index (κ3) is 5.38. The van der Waals surface area contributed by atoms with Gasteiger partial charge in [0.05, 0.1) is 22.5 Å². The van der Waals surface area contributed by atoms with Gasteiger partial charge in [-0.25, -0.2) is 23.1 Å². The van der Waals surface area contributed by atoms with Crippen molar-refractivity contribution in [2.45, 2.75) is 11.4 Å². The van der Waals surface area contributed by atoms with Gasteiger partial charge in [-0.1, -0.05) is 30.3 Å². The van der Waals surface area contributed by atoms with E-state index < -0.39 is 26.9 Å². The number of sulfonamides is 1. The van der Waals surface area contributed by atoms with Crippen LogP contribution in [0.1, 0.15) is 26.3 Å². The van der Waals surface area contributed by atoms with Crippen LogP contribution in [-0.4, -0.2) is 30.6 Å². The molecule has 0 saturated carbocycles. The Morgan fingerprint density at radius 1 is 0.871 bits per heavy atom. The second kappa shape index (κ2) is 8.86. The monoisotopic (exact) mass is 441 g/mol. The summed E-state index contributed by atoms with van der Waals surface area (Å²) in [6, 6.07) is 17.1. The molecule has 0 bridgehead atoms. The Bertz CT molecular complexity index is 1230. The average Bonchev–Trinajstić information content (AvgIpc) is 2.73. The summed E-state index contributed by atoms with van der Waals surface area (Å²) in [5.41, 5.74) is 1.33. The van der Waals surface area contributed by atoms with Crippen LogP contribution in [-0.2, 0) is 16.6 Å². The molecule has 6 N–H and O–H groups in total. The highest BCUT2D eigenvalue weighted by molar-refractivity contribution is 7.89. The number of carboxylic acid groups (broad SMARTS) is 2.